The molecule has 0 amide bonds. The van der Waals surface area contributed by atoms with E-state index in [9.17, 15) is 19.5 Å². The molecule has 0 saturated heterocycles. The van der Waals surface area contributed by atoms with Crippen molar-refractivity contribution in [3.63, 3.8) is 0 Å². The van der Waals surface area contributed by atoms with E-state index in [0.717, 1.165) is 10.1 Å². The second kappa shape index (κ2) is 9.18. The Morgan fingerprint density at radius 2 is 1.25 bits per heavy atom. The maximum atomic E-state index is 13.8. The molecule has 36 heavy (non-hydrogen) atoms. The average Bonchev–Trinajstić information content (AvgIpc) is 2.87. The lowest BCUT2D eigenvalue weighted by molar-refractivity contribution is 0.471. The van der Waals surface area contributed by atoms with Gasteiger partial charge in [0.1, 0.15) is 16.8 Å². The highest BCUT2D eigenvalue weighted by atomic mass is 35.5. The first-order valence-electron chi connectivity index (χ1n) is 11.0. The Kier molecular flexibility index (Phi) is 6.04. The summed E-state index contributed by atoms with van der Waals surface area (Å²) in [6, 6.07) is 21.7. The summed E-state index contributed by atoms with van der Waals surface area (Å²) < 4.78 is 3.38. The van der Waals surface area contributed by atoms with E-state index in [1.165, 1.54) is 28.3 Å². The van der Waals surface area contributed by atoms with Gasteiger partial charge in [-0.25, -0.2) is 13.9 Å². The topological polar surface area (TPSA) is 86.2 Å². The Morgan fingerprint density at radius 1 is 0.722 bits per heavy atom. The predicted molar refractivity (Wildman–Crippen MR) is 141 cm³/mol. The van der Waals surface area contributed by atoms with Crippen molar-refractivity contribution >= 4 is 34.2 Å². The van der Waals surface area contributed by atoms with Gasteiger partial charge in [0.15, 0.2) is 0 Å². The van der Waals surface area contributed by atoms with Crippen molar-refractivity contribution in [3.05, 3.63) is 131 Å². The predicted octanol–water partition coefficient (Wildman–Crippen LogP) is 4.44. The van der Waals surface area contributed by atoms with Gasteiger partial charge >= 0.3 is 5.69 Å². The van der Waals surface area contributed by atoms with E-state index in [2.05, 4.69) is 0 Å². The molecule has 0 fully saturated rings. The zero-order chi connectivity index (χ0) is 25.6. The highest BCUT2D eigenvalue weighted by Crippen LogP contribution is 2.27. The molecule has 3 aromatic carbocycles. The lowest BCUT2D eigenvalue weighted by atomic mass is 10.0. The molecule has 0 unspecified atom stereocenters. The van der Waals surface area contributed by atoms with Crippen molar-refractivity contribution in [2.45, 2.75) is 6.42 Å². The average molecular weight is 520 g/mol. The van der Waals surface area contributed by atoms with Gasteiger partial charge in [0, 0.05) is 23.5 Å². The van der Waals surface area contributed by atoms with Gasteiger partial charge in [-0.15, -0.1) is 0 Å². The van der Waals surface area contributed by atoms with Crippen molar-refractivity contribution in [3.8, 4) is 17.1 Å². The van der Waals surface area contributed by atoms with Crippen LogP contribution in [0.5, 0.6) is 5.75 Å². The fraction of sp³-hybridized carbons (Fsp3) is 0.0741. The Hall–Kier alpha value is -4.07. The third-order valence-electron chi connectivity index (χ3n) is 6.03. The molecule has 0 saturated carbocycles. The largest absolute Gasteiger partial charge is 0.506 e. The molecule has 5 aromatic rings. The van der Waals surface area contributed by atoms with Crippen molar-refractivity contribution < 1.29 is 5.11 Å². The number of nitrogens with zero attached hydrogens (tertiary/aromatic N) is 3. The fourth-order valence-corrected chi connectivity index (χ4v) is 4.52. The van der Waals surface area contributed by atoms with Gasteiger partial charge in [0.05, 0.1) is 16.9 Å². The number of hydrogen-bond donors (Lipinski definition) is 1. The maximum Gasteiger partial charge on any atom is 0.341 e. The lowest BCUT2D eigenvalue weighted by Gasteiger charge is -2.19. The SMILES string of the molecule is Cn1c(=O)c(Cc2ccccc2)c(O)c2c(=O)n(-c3ccc(Cl)cc3)c(=O)n(-c3ccc(Cl)cc3)c21. The normalized spacial score (nSPS) is 11.2. The minimum atomic E-state index is -0.759. The summed E-state index contributed by atoms with van der Waals surface area (Å²) in [7, 11) is 1.47. The monoisotopic (exact) mass is 519 g/mol. The molecular weight excluding hydrogens is 501 g/mol. The Bertz CT molecular complexity index is 1790. The summed E-state index contributed by atoms with van der Waals surface area (Å²) in [5.41, 5.74) is -0.566. The van der Waals surface area contributed by atoms with Gasteiger partial charge in [0.25, 0.3) is 11.1 Å². The number of benzene rings is 3. The molecule has 7 nitrogen and oxygen atoms in total. The number of aryl methyl sites for hydroxylation is 1. The molecule has 2 aromatic heterocycles. The smallest absolute Gasteiger partial charge is 0.341 e. The van der Waals surface area contributed by atoms with E-state index in [0.29, 0.717) is 15.7 Å². The first-order chi connectivity index (χ1) is 17.3. The molecule has 9 heteroatoms. The van der Waals surface area contributed by atoms with Crippen LogP contribution in [0.3, 0.4) is 0 Å². The standard InChI is InChI=1S/C27H19Cl2N3O4/c1-30-24-22(23(33)21(25(30)34)15-16-5-3-2-4-6-16)26(35)32(20-13-9-18(29)10-14-20)27(36)31(24)19-11-7-17(28)8-12-19/h2-14,33H,15H2,1H3. The van der Waals surface area contributed by atoms with Gasteiger partial charge in [0.2, 0.25) is 0 Å². The zero-order valence-corrected chi connectivity index (χ0v) is 20.5. The summed E-state index contributed by atoms with van der Waals surface area (Å²) in [4.78, 5) is 41.0. The molecule has 0 radical (unpaired) electrons. The van der Waals surface area contributed by atoms with Crippen molar-refractivity contribution in [2.24, 2.45) is 7.05 Å². The molecule has 0 aliphatic rings. The van der Waals surface area contributed by atoms with E-state index in [-0.39, 0.29) is 28.7 Å². The molecule has 0 aliphatic heterocycles. The molecule has 2 heterocycles. The van der Waals surface area contributed by atoms with E-state index in [4.69, 9.17) is 23.2 Å². The summed E-state index contributed by atoms with van der Waals surface area (Å²) in [5.74, 6) is -0.465. The number of pyridine rings is 1. The molecule has 1 N–H and O–H groups in total. The van der Waals surface area contributed by atoms with E-state index in [1.54, 1.807) is 36.4 Å². The molecule has 0 bridgehead atoms. The second-order valence-electron chi connectivity index (χ2n) is 8.26. The van der Waals surface area contributed by atoms with Crippen molar-refractivity contribution in [1.29, 1.82) is 0 Å². The van der Waals surface area contributed by atoms with Crippen LogP contribution < -0.4 is 16.8 Å². The van der Waals surface area contributed by atoms with Gasteiger partial charge < -0.3 is 5.11 Å². The van der Waals surface area contributed by atoms with Crippen molar-refractivity contribution in [2.75, 3.05) is 0 Å². The second-order valence-corrected chi connectivity index (χ2v) is 9.14. The summed E-state index contributed by atoms with van der Waals surface area (Å²) in [6.45, 7) is 0. The van der Waals surface area contributed by atoms with Gasteiger partial charge in [-0.2, -0.15) is 0 Å². The Labute approximate surface area is 214 Å². The first kappa shape index (κ1) is 23.7. The molecular formula is C27H19Cl2N3O4. The maximum absolute atomic E-state index is 13.8. The molecule has 0 aliphatic carbocycles. The Balaban J connectivity index is 1.95. The molecule has 0 atom stereocenters. The quantitative estimate of drug-likeness (QED) is 0.380. The Morgan fingerprint density at radius 3 is 1.81 bits per heavy atom. The summed E-state index contributed by atoms with van der Waals surface area (Å²) >= 11 is 12.1. The molecule has 5 rings (SSSR count). The summed E-state index contributed by atoms with van der Waals surface area (Å²) in [6.07, 6.45) is 0.107. The number of fused-ring (bicyclic) bond motifs is 1. The fourth-order valence-electron chi connectivity index (χ4n) is 4.27. The van der Waals surface area contributed by atoms with E-state index < -0.39 is 22.6 Å². The van der Waals surface area contributed by atoms with Crippen LogP contribution in [0.25, 0.3) is 22.4 Å². The van der Waals surface area contributed by atoms with Crippen LogP contribution in [0.15, 0.2) is 93.2 Å². The number of halogens is 2. The van der Waals surface area contributed by atoms with Crippen LogP contribution in [0.1, 0.15) is 11.1 Å². The van der Waals surface area contributed by atoms with Crippen LogP contribution >= 0.6 is 23.2 Å². The number of hydrogen-bond acceptors (Lipinski definition) is 4. The highest BCUT2D eigenvalue weighted by Gasteiger charge is 2.25. The van der Waals surface area contributed by atoms with Crippen LogP contribution in [0.2, 0.25) is 10.0 Å². The number of aromatic nitrogens is 3. The van der Waals surface area contributed by atoms with Gasteiger partial charge in [-0.3, -0.25) is 14.2 Å². The highest BCUT2D eigenvalue weighted by molar-refractivity contribution is 6.30. The van der Waals surface area contributed by atoms with Crippen LogP contribution in [0, 0.1) is 0 Å². The minimum absolute atomic E-state index is 0.0307. The third kappa shape index (κ3) is 3.92. The number of rotatable bonds is 4. The van der Waals surface area contributed by atoms with Gasteiger partial charge in [-0.05, 0) is 54.1 Å². The number of aromatic hydroxyl groups is 1. The van der Waals surface area contributed by atoms with Crippen LogP contribution in [0.4, 0.5) is 0 Å². The van der Waals surface area contributed by atoms with Crippen LogP contribution in [-0.2, 0) is 13.5 Å². The van der Waals surface area contributed by atoms with Crippen molar-refractivity contribution in [1.82, 2.24) is 13.7 Å². The van der Waals surface area contributed by atoms with Crippen LogP contribution in [-0.4, -0.2) is 18.8 Å². The first-order valence-corrected chi connectivity index (χ1v) is 11.7. The lowest BCUT2D eigenvalue weighted by Crippen LogP contribution is -2.41. The van der Waals surface area contributed by atoms with Gasteiger partial charge in [-0.1, -0.05) is 53.5 Å². The zero-order valence-electron chi connectivity index (χ0n) is 19.0. The summed E-state index contributed by atoms with van der Waals surface area (Å²) in [5, 5.41) is 12.1. The minimum Gasteiger partial charge on any atom is -0.506 e. The third-order valence-corrected chi connectivity index (χ3v) is 6.54. The molecule has 180 valence electrons. The van der Waals surface area contributed by atoms with E-state index >= 15 is 0 Å². The van der Waals surface area contributed by atoms with E-state index in [1.807, 2.05) is 30.3 Å². The molecule has 0 spiro atoms.